The fourth-order valence-corrected chi connectivity index (χ4v) is 4.22. The Balaban J connectivity index is 1.65. The van der Waals surface area contributed by atoms with E-state index in [0.717, 1.165) is 28.9 Å². The molecule has 10 heteroatoms. The van der Waals surface area contributed by atoms with Gasteiger partial charge in [0.05, 0.1) is 16.3 Å². The van der Waals surface area contributed by atoms with Gasteiger partial charge in [0.25, 0.3) is 0 Å². The summed E-state index contributed by atoms with van der Waals surface area (Å²) in [5.74, 6) is -3.76. The second-order valence-corrected chi connectivity index (χ2v) is 9.33. The van der Waals surface area contributed by atoms with Crippen LogP contribution in [-0.4, -0.2) is 35.4 Å². The molecule has 0 unspecified atom stereocenters. The summed E-state index contributed by atoms with van der Waals surface area (Å²) in [4.78, 5) is 16.1. The Morgan fingerprint density at radius 1 is 1.17 bits per heavy atom. The number of hydrogen-bond acceptors (Lipinski definition) is 5. The van der Waals surface area contributed by atoms with E-state index in [2.05, 4.69) is 10.3 Å². The van der Waals surface area contributed by atoms with Crippen molar-refractivity contribution in [2.45, 2.75) is 29.7 Å². The van der Waals surface area contributed by atoms with Crippen molar-refractivity contribution < 1.29 is 22.0 Å². The highest BCUT2D eigenvalue weighted by Crippen LogP contribution is 2.25. The highest BCUT2D eigenvalue weighted by atomic mass is 32.2. The normalized spacial score (nSPS) is 11.6. The van der Waals surface area contributed by atoms with Crippen LogP contribution in [0.1, 0.15) is 11.1 Å². The highest BCUT2D eigenvalue weighted by Gasteiger charge is 2.26. The van der Waals surface area contributed by atoms with Crippen LogP contribution >= 0.6 is 11.8 Å². The van der Waals surface area contributed by atoms with Crippen LogP contribution in [0.3, 0.4) is 0 Å². The SMILES string of the molecule is Cc1cccc(-n2ccnc2SCC(=O)Nc2ccc(S(=O)(=O)C(F)F)cc2)c1C. The first-order valence-corrected chi connectivity index (χ1v) is 11.4. The van der Waals surface area contributed by atoms with Crippen LogP contribution in [0.15, 0.2) is 64.9 Å². The molecule has 1 heterocycles. The van der Waals surface area contributed by atoms with Crippen molar-refractivity contribution in [1.82, 2.24) is 9.55 Å². The zero-order chi connectivity index (χ0) is 21.9. The smallest absolute Gasteiger partial charge is 0.325 e. The van der Waals surface area contributed by atoms with E-state index in [1.54, 1.807) is 6.20 Å². The van der Waals surface area contributed by atoms with Crippen LogP contribution in [0.2, 0.25) is 0 Å². The van der Waals surface area contributed by atoms with Gasteiger partial charge in [0.2, 0.25) is 15.7 Å². The number of carbonyl (C=O) groups excluding carboxylic acids is 1. The Bertz CT molecular complexity index is 1160. The van der Waals surface area contributed by atoms with Crippen LogP contribution < -0.4 is 5.32 Å². The predicted molar refractivity (Wildman–Crippen MR) is 112 cm³/mol. The first-order chi connectivity index (χ1) is 14.2. The minimum absolute atomic E-state index is 0.0684. The highest BCUT2D eigenvalue weighted by molar-refractivity contribution is 7.99. The fraction of sp³-hybridized carbons (Fsp3) is 0.200. The van der Waals surface area contributed by atoms with Crippen molar-refractivity contribution in [3.63, 3.8) is 0 Å². The number of thioether (sulfide) groups is 1. The molecule has 0 fully saturated rings. The van der Waals surface area contributed by atoms with Crippen molar-refractivity contribution in [3.8, 4) is 5.69 Å². The number of nitrogens with zero attached hydrogens (tertiary/aromatic N) is 2. The van der Waals surface area contributed by atoms with Gasteiger partial charge in [-0.2, -0.15) is 8.78 Å². The number of anilines is 1. The van der Waals surface area contributed by atoms with Crippen LogP contribution in [0.5, 0.6) is 0 Å². The second-order valence-electron chi connectivity index (χ2n) is 6.47. The number of hydrogen-bond donors (Lipinski definition) is 1. The summed E-state index contributed by atoms with van der Waals surface area (Å²) in [5.41, 5.74) is 3.55. The minimum atomic E-state index is -4.66. The number of benzene rings is 2. The predicted octanol–water partition coefficient (Wildman–Crippen LogP) is 4.22. The molecule has 158 valence electrons. The Labute approximate surface area is 177 Å². The Morgan fingerprint density at radius 3 is 2.53 bits per heavy atom. The van der Waals surface area contributed by atoms with Gasteiger partial charge in [-0.1, -0.05) is 23.9 Å². The molecular formula is C20H19F2N3O3S2. The first kappa shape index (κ1) is 22.0. The second kappa shape index (κ2) is 8.97. The van der Waals surface area contributed by atoms with Crippen molar-refractivity contribution in [1.29, 1.82) is 0 Å². The maximum absolute atomic E-state index is 12.6. The Kier molecular flexibility index (Phi) is 6.57. The molecule has 0 saturated carbocycles. The van der Waals surface area contributed by atoms with E-state index in [9.17, 15) is 22.0 Å². The molecule has 0 aliphatic carbocycles. The molecule has 0 aliphatic rings. The van der Waals surface area contributed by atoms with Crippen molar-refractivity contribution in [2.75, 3.05) is 11.1 Å². The summed E-state index contributed by atoms with van der Waals surface area (Å²) in [6, 6.07) is 10.6. The van der Waals surface area contributed by atoms with Crippen molar-refractivity contribution in [2.24, 2.45) is 0 Å². The quantitative estimate of drug-likeness (QED) is 0.544. The van der Waals surface area contributed by atoms with Gasteiger partial charge in [-0.25, -0.2) is 13.4 Å². The van der Waals surface area contributed by atoms with E-state index >= 15 is 0 Å². The van der Waals surface area contributed by atoms with E-state index in [0.29, 0.717) is 10.8 Å². The average molecular weight is 452 g/mol. The molecule has 0 radical (unpaired) electrons. The zero-order valence-electron chi connectivity index (χ0n) is 16.2. The van der Waals surface area contributed by atoms with Gasteiger partial charge in [0.15, 0.2) is 5.16 Å². The van der Waals surface area contributed by atoms with E-state index in [1.807, 2.05) is 42.8 Å². The zero-order valence-corrected chi connectivity index (χ0v) is 17.8. The van der Waals surface area contributed by atoms with Gasteiger partial charge in [-0.05, 0) is 55.3 Å². The third kappa shape index (κ3) is 4.71. The fourth-order valence-electron chi connectivity index (χ4n) is 2.73. The Hall–Kier alpha value is -2.72. The number of aromatic nitrogens is 2. The Morgan fingerprint density at radius 2 is 1.87 bits per heavy atom. The largest absolute Gasteiger partial charge is 0.341 e. The number of alkyl halides is 2. The van der Waals surface area contributed by atoms with E-state index < -0.39 is 20.5 Å². The van der Waals surface area contributed by atoms with E-state index in [-0.39, 0.29) is 11.7 Å². The molecule has 1 N–H and O–H groups in total. The van der Waals surface area contributed by atoms with Gasteiger partial charge in [0, 0.05) is 18.1 Å². The first-order valence-electron chi connectivity index (χ1n) is 8.85. The third-order valence-electron chi connectivity index (χ3n) is 4.48. The molecule has 0 saturated heterocycles. The lowest BCUT2D eigenvalue weighted by molar-refractivity contribution is -0.113. The molecule has 6 nitrogen and oxygen atoms in total. The van der Waals surface area contributed by atoms with Crippen LogP contribution in [0.4, 0.5) is 14.5 Å². The number of halogens is 2. The molecular weight excluding hydrogens is 432 g/mol. The van der Waals surface area contributed by atoms with E-state index in [1.165, 1.54) is 23.9 Å². The van der Waals surface area contributed by atoms with Crippen LogP contribution in [0, 0.1) is 13.8 Å². The molecule has 1 amide bonds. The van der Waals surface area contributed by atoms with Gasteiger partial charge >= 0.3 is 5.76 Å². The molecule has 3 rings (SSSR count). The molecule has 2 aromatic carbocycles. The number of carbonyl (C=O) groups is 1. The lowest BCUT2D eigenvalue weighted by atomic mass is 10.1. The summed E-state index contributed by atoms with van der Waals surface area (Å²) in [5, 5.41) is 3.26. The number of imidazole rings is 1. The molecule has 0 bridgehead atoms. The lowest BCUT2D eigenvalue weighted by Gasteiger charge is -2.12. The topological polar surface area (TPSA) is 81.1 Å². The average Bonchev–Trinajstić information content (AvgIpc) is 3.17. The monoisotopic (exact) mass is 451 g/mol. The van der Waals surface area contributed by atoms with Crippen LogP contribution in [0.25, 0.3) is 5.69 Å². The lowest BCUT2D eigenvalue weighted by Crippen LogP contribution is -2.15. The third-order valence-corrected chi connectivity index (χ3v) is 6.84. The van der Waals surface area contributed by atoms with Crippen molar-refractivity contribution in [3.05, 3.63) is 66.0 Å². The molecule has 30 heavy (non-hydrogen) atoms. The summed E-state index contributed by atoms with van der Waals surface area (Å²) >= 11 is 1.25. The van der Waals surface area contributed by atoms with E-state index in [4.69, 9.17) is 0 Å². The summed E-state index contributed by atoms with van der Waals surface area (Å²) in [6.07, 6.45) is 3.48. The van der Waals surface area contributed by atoms with Gasteiger partial charge in [-0.3, -0.25) is 9.36 Å². The molecule has 1 aromatic heterocycles. The number of aryl methyl sites for hydroxylation is 1. The standard InChI is InChI=1S/C20H19F2N3O3S2/c1-13-4-3-5-17(14(13)2)25-11-10-23-20(25)29-12-18(26)24-15-6-8-16(9-7-15)30(27,28)19(21)22/h3-11,19H,12H2,1-2H3,(H,24,26). The van der Waals surface area contributed by atoms with Gasteiger partial charge in [-0.15, -0.1) is 0 Å². The minimum Gasteiger partial charge on any atom is -0.325 e. The molecule has 3 aromatic rings. The van der Waals surface area contributed by atoms with Crippen molar-refractivity contribution >= 4 is 33.2 Å². The van der Waals surface area contributed by atoms with Crippen LogP contribution in [-0.2, 0) is 14.6 Å². The maximum Gasteiger partial charge on any atom is 0.341 e. The molecule has 0 atom stereocenters. The summed E-state index contributed by atoms with van der Waals surface area (Å²) in [6.45, 7) is 4.04. The maximum atomic E-state index is 12.6. The molecule has 0 aliphatic heterocycles. The number of rotatable bonds is 7. The summed E-state index contributed by atoms with van der Waals surface area (Å²) in [7, 11) is -4.66. The van der Waals surface area contributed by atoms with Gasteiger partial charge in [0.1, 0.15) is 0 Å². The number of nitrogens with one attached hydrogen (secondary N) is 1. The molecule has 0 spiro atoms. The summed E-state index contributed by atoms with van der Waals surface area (Å²) < 4.78 is 49.9. The number of amides is 1. The number of sulfone groups is 1. The van der Waals surface area contributed by atoms with Gasteiger partial charge < -0.3 is 5.32 Å².